The summed E-state index contributed by atoms with van der Waals surface area (Å²) in [6.07, 6.45) is 3.65. The molecule has 1 N–H and O–H groups in total. The van der Waals surface area contributed by atoms with E-state index in [2.05, 4.69) is 10.4 Å². The summed E-state index contributed by atoms with van der Waals surface area (Å²) in [7, 11) is 1.28. The molecule has 4 aromatic rings. The fraction of sp³-hybridized carbons (Fsp3) is 0.0909. The van der Waals surface area contributed by atoms with Crippen molar-refractivity contribution < 1.29 is 14.3 Å². The molecule has 32 heavy (non-hydrogen) atoms. The van der Waals surface area contributed by atoms with Crippen LogP contribution in [-0.2, 0) is 16.1 Å². The van der Waals surface area contributed by atoms with Crippen molar-refractivity contribution in [2.75, 3.05) is 12.4 Å². The molecule has 2 heterocycles. The molecule has 0 unspecified atom stereocenters. The van der Waals surface area contributed by atoms with Crippen molar-refractivity contribution in [3.05, 3.63) is 88.4 Å². The van der Waals surface area contributed by atoms with Gasteiger partial charge in [0, 0.05) is 23.0 Å². The van der Waals surface area contributed by atoms with E-state index < -0.39 is 11.9 Å². The number of carbonyl (C=O) groups excluding carboxylic acids is 2. The summed E-state index contributed by atoms with van der Waals surface area (Å²) in [5.74, 6) is -0.387. The van der Waals surface area contributed by atoms with Crippen molar-refractivity contribution in [1.82, 2.24) is 19.1 Å². The Balaban J connectivity index is 1.67. The first-order valence-corrected chi connectivity index (χ1v) is 10.3. The molecule has 0 spiro atoms. The number of amides is 1. The number of hydrogen-bond acceptors (Lipinski definition) is 5. The maximum absolute atomic E-state index is 12.8. The summed E-state index contributed by atoms with van der Waals surface area (Å²) in [6, 6.07) is 17.5. The number of anilines is 1. The van der Waals surface area contributed by atoms with E-state index in [1.54, 1.807) is 45.8 Å². The Morgan fingerprint density at radius 1 is 1.06 bits per heavy atom. The summed E-state index contributed by atoms with van der Waals surface area (Å²) in [5, 5.41) is 7.91. The van der Waals surface area contributed by atoms with Crippen LogP contribution in [0.5, 0.6) is 0 Å². The topological polar surface area (TPSA) is 83.1 Å². The zero-order valence-electron chi connectivity index (χ0n) is 16.9. The van der Waals surface area contributed by atoms with Gasteiger partial charge in [-0.1, -0.05) is 23.7 Å². The van der Waals surface area contributed by atoms with Crippen molar-refractivity contribution in [1.29, 1.82) is 0 Å². The van der Waals surface area contributed by atoms with Gasteiger partial charge in [-0.05, 0) is 60.7 Å². The van der Waals surface area contributed by atoms with Crippen LogP contribution in [-0.4, -0.2) is 38.1 Å². The Bertz CT molecular complexity index is 1330. The Kier molecular flexibility index (Phi) is 6.20. The third kappa shape index (κ3) is 4.34. The normalized spacial score (nSPS) is 10.7. The molecule has 0 fully saturated rings. The number of nitrogens with one attached hydrogen (secondary N) is 1. The van der Waals surface area contributed by atoms with E-state index >= 15 is 0 Å². The van der Waals surface area contributed by atoms with Crippen molar-refractivity contribution in [3.63, 3.8) is 0 Å². The van der Waals surface area contributed by atoms with E-state index in [-0.39, 0.29) is 12.1 Å². The number of rotatable bonds is 6. The van der Waals surface area contributed by atoms with Gasteiger partial charge in [0.15, 0.2) is 5.82 Å². The Morgan fingerprint density at radius 3 is 2.44 bits per heavy atom. The minimum atomic E-state index is -0.542. The van der Waals surface area contributed by atoms with Crippen LogP contribution in [0.2, 0.25) is 5.02 Å². The van der Waals surface area contributed by atoms with Gasteiger partial charge in [0.25, 0.3) is 0 Å². The van der Waals surface area contributed by atoms with Crippen molar-refractivity contribution >= 4 is 41.4 Å². The lowest BCUT2D eigenvalue weighted by atomic mass is 10.2. The Labute approximate surface area is 193 Å². The molecule has 1 amide bonds. The lowest BCUT2D eigenvalue weighted by Gasteiger charge is -2.09. The first kappa shape index (κ1) is 21.5. The minimum absolute atomic E-state index is 0.150. The van der Waals surface area contributed by atoms with Crippen LogP contribution >= 0.6 is 23.8 Å². The number of carbonyl (C=O) groups is 2. The third-order valence-corrected chi connectivity index (χ3v) is 5.28. The van der Waals surface area contributed by atoms with Crippen molar-refractivity contribution in [2.45, 2.75) is 6.54 Å². The average molecular weight is 468 g/mol. The molecule has 0 bridgehead atoms. The van der Waals surface area contributed by atoms with Crippen LogP contribution in [0.15, 0.2) is 73.1 Å². The number of nitrogens with zero attached hydrogens (tertiary/aromatic N) is 4. The SMILES string of the molecule is COC(=O)c1ccccc1NC(=O)Cn1nc(-c2ccc(Cl)cc2)n(-n2cccc2)c1=S. The number of methoxy groups -OCH3 is 1. The van der Waals surface area contributed by atoms with Crippen LogP contribution in [0, 0.1) is 4.77 Å². The first-order chi connectivity index (χ1) is 15.5. The molecule has 0 atom stereocenters. The molecule has 2 aromatic carbocycles. The van der Waals surface area contributed by atoms with E-state index in [9.17, 15) is 9.59 Å². The summed E-state index contributed by atoms with van der Waals surface area (Å²) in [5.41, 5.74) is 1.38. The van der Waals surface area contributed by atoms with Gasteiger partial charge >= 0.3 is 5.97 Å². The van der Waals surface area contributed by atoms with Crippen molar-refractivity contribution in [2.24, 2.45) is 0 Å². The highest BCUT2D eigenvalue weighted by Crippen LogP contribution is 2.22. The quantitative estimate of drug-likeness (QED) is 0.338. The van der Waals surface area contributed by atoms with Gasteiger partial charge in [0.1, 0.15) is 6.54 Å². The monoisotopic (exact) mass is 467 g/mol. The number of hydrogen-bond donors (Lipinski definition) is 1. The standard InChI is InChI=1S/C22H18ClN5O3S/c1-31-21(30)17-6-2-3-7-18(17)24-19(29)14-27-22(32)28(26-12-4-5-13-26)20(25-27)15-8-10-16(23)11-9-15/h2-13H,14H2,1H3,(H,24,29). The summed E-state index contributed by atoms with van der Waals surface area (Å²) in [4.78, 5) is 24.7. The molecule has 4 rings (SSSR count). The maximum Gasteiger partial charge on any atom is 0.339 e. The van der Waals surface area contributed by atoms with Gasteiger partial charge in [-0.25, -0.2) is 14.2 Å². The lowest BCUT2D eigenvalue weighted by Crippen LogP contribution is -2.21. The molecule has 162 valence electrons. The maximum atomic E-state index is 12.8. The molecule has 0 saturated carbocycles. The molecular weight excluding hydrogens is 450 g/mol. The number of aromatic nitrogens is 4. The highest BCUT2D eigenvalue weighted by atomic mass is 35.5. The Morgan fingerprint density at radius 2 is 1.75 bits per heavy atom. The largest absolute Gasteiger partial charge is 0.465 e. The number of para-hydroxylation sites is 1. The van der Waals surface area contributed by atoms with E-state index in [0.29, 0.717) is 21.3 Å². The van der Waals surface area contributed by atoms with Gasteiger partial charge in [-0.15, -0.1) is 5.10 Å². The molecule has 0 saturated heterocycles. The minimum Gasteiger partial charge on any atom is -0.465 e. The second-order valence-corrected chi connectivity index (χ2v) is 7.53. The van der Waals surface area contributed by atoms with Gasteiger partial charge in [0.05, 0.1) is 18.4 Å². The second kappa shape index (κ2) is 9.21. The van der Waals surface area contributed by atoms with Gasteiger partial charge in [-0.2, -0.15) is 0 Å². The molecule has 0 aliphatic rings. The molecule has 10 heteroatoms. The number of benzene rings is 2. The summed E-state index contributed by atoms with van der Waals surface area (Å²) >= 11 is 11.6. The fourth-order valence-corrected chi connectivity index (χ4v) is 3.57. The molecule has 2 aromatic heterocycles. The fourth-order valence-electron chi connectivity index (χ4n) is 3.15. The highest BCUT2D eigenvalue weighted by Gasteiger charge is 2.18. The average Bonchev–Trinajstić information content (AvgIpc) is 3.42. The summed E-state index contributed by atoms with van der Waals surface area (Å²) in [6.45, 7) is -0.150. The zero-order valence-corrected chi connectivity index (χ0v) is 18.5. The molecule has 0 aliphatic heterocycles. The molecule has 0 radical (unpaired) electrons. The van der Waals surface area contributed by atoms with Gasteiger partial charge in [0.2, 0.25) is 10.7 Å². The first-order valence-electron chi connectivity index (χ1n) is 9.54. The van der Waals surface area contributed by atoms with Crippen LogP contribution in [0.3, 0.4) is 0 Å². The predicted octanol–water partition coefficient (Wildman–Crippen LogP) is 4.27. The van der Waals surface area contributed by atoms with E-state index in [1.807, 2.05) is 36.7 Å². The molecule has 0 aliphatic carbocycles. The Hall–Kier alpha value is -3.69. The van der Waals surface area contributed by atoms with Gasteiger partial charge < -0.3 is 10.1 Å². The molecule has 8 nitrogen and oxygen atoms in total. The molecular formula is C22H18ClN5O3S. The number of esters is 1. The van der Waals surface area contributed by atoms with Gasteiger partial charge in [-0.3, -0.25) is 9.47 Å². The highest BCUT2D eigenvalue weighted by molar-refractivity contribution is 7.71. The van der Waals surface area contributed by atoms with Crippen molar-refractivity contribution in [3.8, 4) is 11.4 Å². The zero-order chi connectivity index (χ0) is 22.7. The smallest absolute Gasteiger partial charge is 0.339 e. The lowest BCUT2D eigenvalue weighted by molar-refractivity contribution is -0.116. The second-order valence-electron chi connectivity index (χ2n) is 6.73. The van der Waals surface area contributed by atoms with Crippen LogP contribution in [0.25, 0.3) is 11.4 Å². The predicted molar refractivity (Wildman–Crippen MR) is 123 cm³/mol. The van der Waals surface area contributed by atoms with E-state index in [0.717, 1.165) is 5.56 Å². The number of ether oxygens (including phenoxy) is 1. The van der Waals surface area contributed by atoms with E-state index in [1.165, 1.54) is 11.8 Å². The third-order valence-electron chi connectivity index (χ3n) is 4.64. The summed E-state index contributed by atoms with van der Waals surface area (Å²) < 4.78 is 10.0. The van der Waals surface area contributed by atoms with Crippen LogP contribution in [0.1, 0.15) is 10.4 Å². The van der Waals surface area contributed by atoms with Crippen LogP contribution in [0.4, 0.5) is 5.69 Å². The number of halogens is 1. The van der Waals surface area contributed by atoms with E-state index in [4.69, 9.17) is 28.6 Å². The van der Waals surface area contributed by atoms with Crippen LogP contribution < -0.4 is 5.32 Å².